The van der Waals surface area contributed by atoms with Gasteiger partial charge in [-0.15, -0.1) is 11.3 Å². The fourth-order valence-electron chi connectivity index (χ4n) is 3.14. The normalized spacial score (nSPS) is 14.2. The van der Waals surface area contributed by atoms with E-state index in [0.717, 1.165) is 17.7 Å². The molecule has 8 heteroatoms. The number of rotatable bonds is 9. The summed E-state index contributed by atoms with van der Waals surface area (Å²) in [7, 11) is 3.19. The fourth-order valence-corrected chi connectivity index (χ4v) is 4.04. The zero-order valence-electron chi connectivity index (χ0n) is 17.2. The second-order valence-electron chi connectivity index (χ2n) is 6.97. The van der Waals surface area contributed by atoms with E-state index in [9.17, 15) is 5.11 Å². The van der Waals surface area contributed by atoms with Gasteiger partial charge in [0.25, 0.3) is 0 Å². The molecule has 1 aliphatic heterocycles. The van der Waals surface area contributed by atoms with Gasteiger partial charge in [-0.2, -0.15) is 0 Å². The number of benzene rings is 1. The van der Waals surface area contributed by atoms with E-state index in [1.807, 2.05) is 42.3 Å². The lowest BCUT2D eigenvalue weighted by atomic mass is 10.1. The van der Waals surface area contributed by atoms with Gasteiger partial charge in [0.2, 0.25) is 0 Å². The van der Waals surface area contributed by atoms with E-state index >= 15 is 0 Å². The van der Waals surface area contributed by atoms with Crippen molar-refractivity contribution in [1.29, 1.82) is 5.41 Å². The maximum atomic E-state index is 10.5. The number of hydrogen-bond donors (Lipinski definition) is 2. The van der Waals surface area contributed by atoms with Crippen LogP contribution in [-0.2, 0) is 4.74 Å². The molecule has 1 aliphatic rings. The van der Waals surface area contributed by atoms with E-state index in [1.54, 1.807) is 14.2 Å². The molecule has 1 aromatic heterocycles. The SMILES string of the molecule is COc1ccc(-c2csc(C3=C(O)CN(CCCOC(C)C)C3=N)n2)cc1OC. The Labute approximate surface area is 175 Å². The van der Waals surface area contributed by atoms with Crippen molar-refractivity contribution in [3.8, 4) is 22.8 Å². The molecule has 0 radical (unpaired) electrons. The van der Waals surface area contributed by atoms with Crippen LogP contribution in [0.25, 0.3) is 16.8 Å². The Morgan fingerprint density at radius 2 is 2.00 bits per heavy atom. The molecule has 2 N–H and O–H groups in total. The van der Waals surface area contributed by atoms with Gasteiger partial charge in [-0.25, -0.2) is 4.98 Å². The van der Waals surface area contributed by atoms with Crippen LogP contribution in [0.3, 0.4) is 0 Å². The summed E-state index contributed by atoms with van der Waals surface area (Å²) in [5.74, 6) is 1.78. The van der Waals surface area contributed by atoms with Crippen molar-refractivity contribution in [3.05, 3.63) is 34.3 Å². The third-order valence-corrected chi connectivity index (χ3v) is 5.46. The van der Waals surface area contributed by atoms with Crippen LogP contribution in [0.4, 0.5) is 0 Å². The van der Waals surface area contributed by atoms with Crippen LogP contribution in [0.1, 0.15) is 25.3 Å². The molecule has 156 valence electrons. The standard InChI is InChI=1S/C21H27N3O4S/c1-13(2)28-9-5-8-24-11-16(25)19(20(24)22)21-23-15(12-29-21)14-6-7-17(26-3)18(10-14)27-4/h6-7,10,12-13,22,25H,5,8-9,11H2,1-4H3. The van der Waals surface area contributed by atoms with Gasteiger partial charge in [0.15, 0.2) is 11.5 Å². The van der Waals surface area contributed by atoms with Crippen LogP contribution < -0.4 is 9.47 Å². The third-order valence-electron chi connectivity index (χ3n) is 4.60. The first-order valence-corrected chi connectivity index (χ1v) is 10.4. The Morgan fingerprint density at radius 1 is 1.24 bits per heavy atom. The largest absolute Gasteiger partial charge is 0.510 e. The van der Waals surface area contributed by atoms with E-state index in [2.05, 4.69) is 4.98 Å². The minimum absolute atomic E-state index is 0.188. The Balaban J connectivity index is 1.73. The lowest BCUT2D eigenvalue weighted by Gasteiger charge is -2.18. The van der Waals surface area contributed by atoms with Gasteiger partial charge in [0.05, 0.1) is 38.1 Å². The molecule has 0 atom stereocenters. The minimum Gasteiger partial charge on any atom is -0.510 e. The highest BCUT2D eigenvalue weighted by Crippen LogP contribution is 2.35. The Hall–Kier alpha value is -2.58. The molecule has 0 saturated carbocycles. The van der Waals surface area contributed by atoms with Crippen LogP contribution >= 0.6 is 11.3 Å². The topological polar surface area (TPSA) is 87.9 Å². The molecule has 2 aromatic rings. The van der Waals surface area contributed by atoms with Crippen LogP contribution in [-0.4, -0.2) is 60.8 Å². The van der Waals surface area contributed by atoms with Crippen molar-refractivity contribution in [2.45, 2.75) is 26.4 Å². The first-order chi connectivity index (χ1) is 13.9. The second-order valence-corrected chi connectivity index (χ2v) is 7.83. The zero-order valence-corrected chi connectivity index (χ0v) is 18.0. The number of nitrogens with zero attached hydrogens (tertiary/aromatic N) is 2. The number of amidine groups is 1. The Morgan fingerprint density at radius 3 is 2.69 bits per heavy atom. The number of aromatic nitrogens is 1. The second kappa shape index (κ2) is 9.28. The van der Waals surface area contributed by atoms with Crippen molar-refractivity contribution in [3.63, 3.8) is 0 Å². The number of hydrogen-bond acceptors (Lipinski definition) is 7. The highest BCUT2D eigenvalue weighted by atomic mass is 32.1. The number of nitrogens with one attached hydrogen (secondary N) is 1. The fraction of sp³-hybridized carbons (Fsp3) is 0.429. The molecule has 0 spiro atoms. The molecular weight excluding hydrogens is 390 g/mol. The van der Waals surface area contributed by atoms with Crippen molar-refractivity contribution < 1.29 is 19.3 Å². The number of thiazole rings is 1. The van der Waals surface area contributed by atoms with Crippen LogP contribution in [0.2, 0.25) is 0 Å². The lowest BCUT2D eigenvalue weighted by Crippen LogP contribution is -2.28. The van der Waals surface area contributed by atoms with Crippen molar-refractivity contribution in [1.82, 2.24) is 9.88 Å². The van der Waals surface area contributed by atoms with E-state index in [-0.39, 0.29) is 11.9 Å². The average molecular weight is 418 g/mol. The molecule has 0 fully saturated rings. The van der Waals surface area contributed by atoms with E-state index < -0.39 is 0 Å². The first kappa shape index (κ1) is 21.1. The van der Waals surface area contributed by atoms with Crippen molar-refractivity contribution in [2.24, 2.45) is 0 Å². The van der Waals surface area contributed by atoms with Crippen LogP contribution in [0.5, 0.6) is 11.5 Å². The number of aliphatic hydroxyl groups is 1. The average Bonchev–Trinajstić information content (AvgIpc) is 3.29. The quantitative estimate of drug-likeness (QED) is 0.595. The van der Waals surface area contributed by atoms with Gasteiger partial charge in [-0.3, -0.25) is 5.41 Å². The molecule has 29 heavy (non-hydrogen) atoms. The third kappa shape index (κ3) is 4.71. The molecule has 7 nitrogen and oxygen atoms in total. The summed E-state index contributed by atoms with van der Waals surface area (Å²) >= 11 is 1.41. The summed E-state index contributed by atoms with van der Waals surface area (Å²) in [5, 5.41) is 21.5. The number of aliphatic hydroxyl groups excluding tert-OH is 1. The Kier molecular flexibility index (Phi) is 6.76. The molecular formula is C21H27N3O4S. The molecule has 0 saturated heterocycles. The zero-order chi connectivity index (χ0) is 21.0. The van der Waals surface area contributed by atoms with E-state index in [0.29, 0.717) is 47.6 Å². The highest BCUT2D eigenvalue weighted by molar-refractivity contribution is 7.11. The van der Waals surface area contributed by atoms with Crippen molar-refractivity contribution >= 4 is 22.7 Å². The predicted molar refractivity (Wildman–Crippen MR) is 115 cm³/mol. The van der Waals surface area contributed by atoms with E-state index in [4.69, 9.17) is 19.6 Å². The smallest absolute Gasteiger partial charge is 0.161 e. The van der Waals surface area contributed by atoms with Crippen LogP contribution in [0, 0.1) is 5.41 Å². The predicted octanol–water partition coefficient (Wildman–Crippen LogP) is 4.20. The monoisotopic (exact) mass is 417 g/mol. The first-order valence-electron chi connectivity index (χ1n) is 9.50. The summed E-state index contributed by atoms with van der Waals surface area (Å²) in [6.07, 6.45) is 0.996. The van der Waals surface area contributed by atoms with E-state index in [1.165, 1.54) is 11.3 Å². The molecule has 0 bridgehead atoms. The summed E-state index contributed by atoms with van der Waals surface area (Å²) in [6, 6.07) is 5.62. The summed E-state index contributed by atoms with van der Waals surface area (Å²) in [6.45, 7) is 5.63. The van der Waals surface area contributed by atoms with Gasteiger partial charge in [-0.1, -0.05) is 0 Å². The Bertz CT molecular complexity index is 907. The maximum absolute atomic E-state index is 10.5. The summed E-state index contributed by atoms with van der Waals surface area (Å²) in [4.78, 5) is 6.51. The minimum atomic E-state index is 0.188. The number of ether oxygens (including phenoxy) is 3. The van der Waals surface area contributed by atoms with Gasteiger partial charge < -0.3 is 24.2 Å². The van der Waals surface area contributed by atoms with Gasteiger partial charge in [0.1, 0.15) is 16.6 Å². The van der Waals surface area contributed by atoms with Crippen molar-refractivity contribution in [2.75, 3.05) is 33.9 Å². The summed E-state index contributed by atoms with van der Waals surface area (Å²) in [5.41, 5.74) is 2.16. The maximum Gasteiger partial charge on any atom is 0.161 e. The molecule has 0 unspecified atom stereocenters. The highest BCUT2D eigenvalue weighted by Gasteiger charge is 2.30. The van der Waals surface area contributed by atoms with Gasteiger partial charge in [-0.05, 0) is 38.5 Å². The molecule has 0 aliphatic carbocycles. The molecule has 1 aromatic carbocycles. The molecule has 3 rings (SSSR count). The number of methoxy groups -OCH3 is 2. The lowest BCUT2D eigenvalue weighted by molar-refractivity contribution is 0.0742. The van der Waals surface area contributed by atoms with Gasteiger partial charge >= 0.3 is 0 Å². The molecule has 0 amide bonds. The van der Waals surface area contributed by atoms with Gasteiger partial charge in [0, 0.05) is 24.1 Å². The molecule has 2 heterocycles. The van der Waals surface area contributed by atoms with Crippen LogP contribution in [0.15, 0.2) is 29.3 Å². The summed E-state index contributed by atoms with van der Waals surface area (Å²) < 4.78 is 16.2.